The van der Waals surface area contributed by atoms with Crippen molar-refractivity contribution >= 4 is 26.0 Å². The fourth-order valence-corrected chi connectivity index (χ4v) is 8.37. The van der Waals surface area contributed by atoms with Gasteiger partial charge in [-0.25, -0.2) is 0 Å². The maximum absolute atomic E-state index is 12.9. The van der Waals surface area contributed by atoms with Crippen LogP contribution in [0.3, 0.4) is 0 Å². The lowest BCUT2D eigenvalue weighted by atomic mass is 9.95. The van der Waals surface area contributed by atoms with Gasteiger partial charge in [0, 0.05) is 35.5 Å². The highest BCUT2D eigenvalue weighted by atomic mass is 28.3. The van der Waals surface area contributed by atoms with Gasteiger partial charge in [0.2, 0.25) is 0 Å². The third-order valence-corrected chi connectivity index (χ3v) is 12.6. The van der Waals surface area contributed by atoms with Gasteiger partial charge in [0.1, 0.15) is 43.2 Å². The molecule has 0 saturated carbocycles. The lowest BCUT2D eigenvalue weighted by Crippen LogP contribution is -2.66. The standard InChI is InChI=1S/C51H64O14Si/c1-35(52)57-34-43-45(61-36(2)53)47(62-37(3)54)49(60-32-41-25-17-10-18-26-41)51(64-43)65-44-42(33-55-29-38-19-11-7-12-20-38)63-50(56-27-28-66(4,5)6)48(59-31-40-23-15-9-16-24-40)46(44)58-30-39-21-13-8-14-22-39/h7-26,42-51H,27-34H2,1-6H3/t42-,43-,44+,45-,46+,47+,48-,49-,50-,51-/m1/s1. The highest BCUT2D eigenvalue weighted by Crippen LogP contribution is 2.36. The van der Waals surface area contributed by atoms with E-state index in [0.717, 1.165) is 28.3 Å². The van der Waals surface area contributed by atoms with Gasteiger partial charge >= 0.3 is 17.9 Å². The molecule has 6 rings (SSSR count). The molecule has 0 unspecified atom stereocenters. The van der Waals surface area contributed by atoms with E-state index < -0.39 is 87.4 Å². The van der Waals surface area contributed by atoms with Crippen molar-refractivity contribution < 1.29 is 66.5 Å². The molecular formula is C51H64O14Si. The summed E-state index contributed by atoms with van der Waals surface area (Å²) in [6, 6.07) is 39.5. The second-order valence-corrected chi connectivity index (χ2v) is 23.2. The van der Waals surface area contributed by atoms with Crippen molar-refractivity contribution in [3.05, 3.63) is 144 Å². The number of ether oxygens (including phenoxy) is 11. The largest absolute Gasteiger partial charge is 0.463 e. The molecule has 0 radical (unpaired) electrons. The van der Waals surface area contributed by atoms with Crippen molar-refractivity contribution in [2.45, 2.75) is 134 Å². The molecule has 0 spiro atoms. The molecule has 15 heteroatoms. The Kier molecular flexibility index (Phi) is 19.4. The lowest BCUT2D eigenvalue weighted by molar-refractivity contribution is -0.372. The molecule has 2 saturated heterocycles. The Bertz CT molecular complexity index is 2050. The quantitative estimate of drug-likeness (QED) is 0.0408. The molecule has 0 amide bonds. The number of hydrogen-bond donors (Lipinski definition) is 0. The second kappa shape index (κ2) is 25.4. The SMILES string of the molecule is CC(=O)OC[C@H]1O[C@H](O[C@@H]2[C@H](OCc3ccccc3)[C@@H](OCc3ccccc3)[C@H](OCC[Si](C)(C)C)O[C@@H]2COCc2ccccc2)[C@H](OCc2ccccc2)[C@@H](OC(C)=O)[C@@H]1OC(C)=O. The van der Waals surface area contributed by atoms with Crippen LogP contribution >= 0.6 is 0 Å². The molecule has 0 bridgehead atoms. The molecule has 0 aliphatic carbocycles. The van der Waals surface area contributed by atoms with Crippen LogP contribution in [0.15, 0.2) is 121 Å². The Balaban J connectivity index is 1.44. The third-order valence-electron chi connectivity index (χ3n) is 10.9. The summed E-state index contributed by atoms with van der Waals surface area (Å²) in [5, 5.41) is 0. The molecule has 66 heavy (non-hydrogen) atoms. The van der Waals surface area contributed by atoms with Gasteiger partial charge < -0.3 is 52.1 Å². The van der Waals surface area contributed by atoms with Crippen molar-refractivity contribution in [1.29, 1.82) is 0 Å². The third kappa shape index (κ3) is 15.9. The summed E-state index contributed by atoms with van der Waals surface area (Å²) in [6.45, 7) is 11.3. The van der Waals surface area contributed by atoms with E-state index in [-0.39, 0.29) is 39.6 Å². The smallest absolute Gasteiger partial charge is 0.303 e. The van der Waals surface area contributed by atoms with Gasteiger partial charge in [-0.05, 0) is 28.3 Å². The predicted octanol–water partition coefficient (Wildman–Crippen LogP) is 7.58. The van der Waals surface area contributed by atoms with E-state index in [1.807, 2.05) is 121 Å². The summed E-state index contributed by atoms with van der Waals surface area (Å²) < 4.78 is 71.4. The van der Waals surface area contributed by atoms with Gasteiger partial charge in [-0.2, -0.15) is 0 Å². The molecule has 4 aromatic carbocycles. The highest BCUT2D eigenvalue weighted by Gasteiger charge is 2.56. The monoisotopic (exact) mass is 928 g/mol. The molecule has 4 aromatic rings. The summed E-state index contributed by atoms with van der Waals surface area (Å²) in [7, 11) is -1.56. The molecule has 0 aromatic heterocycles. The van der Waals surface area contributed by atoms with E-state index in [1.165, 1.54) is 20.8 Å². The zero-order chi connectivity index (χ0) is 46.9. The van der Waals surface area contributed by atoms with Crippen LogP contribution in [-0.2, 0) is 92.9 Å². The number of hydrogen-bond acceptors (Lipinski definition) is 14. The van der Waals surface area contributed by atoms with Crippen LogP contribution in [0, 0.1) is 0 Å². The van der Waals surface area contributed by atoms with Crippen LogP contribution in [0.4, 0.5) is 0 Å². The summed E-state index contributed by atoms with van der Waals surface area (Å²) in [4.78, 5) is 37.9. The average Bonchev–Trinajstić information content (AvgIpc) is 3.29. The molecule has 2 aliphatic heterocycles. The van der Waals surface area contributed by atoms with E-state index in [1.54, 1.807) is 0 Å². The van der Waals surface area contributed by atoms with E-state index in [9.17, 15) is 14.4 Å². The zero-order valence-corrected chi connectivity index (χ0v) is 39.7. The Hall–Kier alpha value is -4.81. The number of esters is 3. The van der Waals surface area contributed by atoms with Crippen LogP contribution in [0.5, 0.6) is 0 Å². The van der Waals surface area contributed by atoms with Crippen LogP contribution in [-0.4, -0.2) is 107 Å². The van der Waals surface area contributed by atoms with E-state index in [0.29, 0.717) is 6.61 Å². The highest BCUT2D eigenvalue weighted by molar-refractivity contribution is 6.76. The first-order valence-electron chi connectivity index (χ1n) is 22.5. The predicted molar refractivity (Wildman–Crippen MR) is 245 cm³/mol. The molecule has 2 heterocycles. The molecule has 14 nitrogen and oxygen atoms in total. The first-order valence-corrected chi connectivity index (χ1v) is 26.2. The minimum absolute atomic E-state index is 0.0205. The molecule has 2 fully saturated rings. The van der Waals surface area contributed by atoms with E-state index in [4.69, 9.17) is 52.1 Å². The summed E-state index contributed by atoms with van der Waals surface area (Å²) >= 11 is 0. The molecule has 10 atom stereocenters. The molecule has 356 valence electrons. The Labute approximate surface area is 389 Å². The number of benzene rings is 4. The van der Waals surface area contributed by atoms with E-state index in [2.05, 4.69) is 19.6 Å². The molecular weight excluding hydrogens is 865 g/mol. The van der Waals surface area contributed by atoms with Crippen molar-refractivity contribution in [2.75, 3.05) is 19.8 Å². The lowest BCUT2D eigenvalue weighted by Gasteiger charge is -2.49. The van der Waals surface area contributed by atoms with Gasteiger partial charge in [0.25, 0.3) is 0 Å². The average molecular weight is 929 g/mol. The minimum Gasteiger partial charge on any atom is -0.463 e. The Morgan fingerprint density at radius 2 is 0.894 bits per heavy atom. The van der Waals surface area contributed by atoms with Crippen LogP contribution in [0.2, 0.25) is 25.7 Å². The van der Waals surface area contributed by atoms with Crippen molar-refractivity contribution in [2.24, 2.45) is 0 Å². The number of carbonyl (C=O) groups is 3. The van der Waals surface area contributed by atoms with Gasteiger partial charge in [-0.1, -0.05) is 141 Å². The van der Waals surface area contributed by atoms with Crippen molar-refractivity contribution in [3.63, 3.8) is 0 Å². The van der Waals surface area contributed by atoms with Crippen molar-refractivity contribution in [3.8, 4) is 0 Å². The zero-order valence-electron chi connectivity index (χ0n) is 38.7. The Morgan fingerprint density at radius 1 is 0.470 bits per heavy atom. The first kappa shape index (κ1) is 50.6. The topological polar surface area (TPSA) is 153 Å². The first-order chi connectivity index (χ1) is 31.8. The van der Waals surface area contributed by atoms with Crippen LogP contribution in [0.1, 0.15) is 43.0 Å². The molecule has 0 N–H and O–H groups in total. The summed E-state index contributed by atoms with van der Waals surface area (Å²) in [5.74, 6) is -1.96. The maximum atomic E-state index is 12.9. The van der Waals surface area contributed by atoms with Gasteiger partial charge in [-0.15, -0.1) is 0 Å². The minimum atomic E-state index is -1.56. The van der Waals surface area contributed by atoms with Gasteiger partial charge in [0.05, 0.1) is 33.0 Å². The van der Waals surface area contributed by atoms with E-state index >= 15 is 0 Å². The fourth-order valence-electron chi connectivity index (χ4n) is 7.64. The van der Waals surface area contributed by atoms with Crippen LogP contribution in [0.25, 0.3) is 0 Å². The maximum Gasteiger partial charge on any atom is 0.303 e. The molecule has 2 aliphatic rings. The van der Waals surface area contributed by atoms with Crippen molar-refractivity contribution in [1.82, 2.24) is 0 Å². The van der Waals surface area contributed by atoms with Crippen LogP contribution < -0.4 is 0 Å². The normalized spacial score (nSPS) is 25.4. The Morgan fingerprint density at radius 3 is 1.36 bits per heavy atom. The summed E-state index contributed by atoms with van der Waals surface area (Å²) in [5.41, 5.74) is 3.57. The van der Waals surface area contributed by atoms with Gasteiger partial charge in [-0.3, -0.25) is 14.4 Å². The van der Waals surface area contributed by atoms with Gasteiger partial charge in [0.15, 0.2) is 24.8 Å². The second-order valence-electron chi connectivity index (χ2n) is 17.6. The number of carbonyl (C=O) groups excluding carboxylic acids is 3. The number of rotatable bonds is 23. The fraction of sp³-hybridized carbons (Fsp3) is 0.471. The summed E-state index contributed by atoms with van der Waals surface area (Å²) in [6.07, 6.45) is -10.9.